The number of amides is 3. The first kappa shape index (κ1) is 18.0. The Morgan fingerprint density at radius 3 is 2.92 bits per heavy atom. The minimum atomic E-state index is -0.767. The standard InChI is InChI=1S/C16H23N3O5/c1-2-22-9-10-23-8-7-17-16(21)19-13-11-24-14-6-4-3-5-12(14)18-15(13)20/h3-6,13H,2,7-11H2,1H3,(H,18,20)(H2,17,19,21). The van der Waals surface area contributed by atoms with E-state index in [2.05, 4.69) is 16.0 Å². The van der Waals surface area contributed by atoms with Gasteiger partial charge in [0.15, 0.2) is 0 Å². The van der Waals surface area contributed by atoms with Crippen molar-refractivity contribution in [2.45, 2.75) is 13.0 Å². The van der Waals surface area contributed by atoms with Crippen molar-refractivity contribution in [3.05, 3.63) is 24.3 Å². The van der Waals surface area contributed by atoms with Crippen LogP contribution in [0, 0.1) is 0 Å². The molecule has 1 aliphatic rings. The van der Waals surface area contributed by atoms with Crippen LogP contribution in [0.1, 0.15) is 6.92 Å². The molecule has 1 unspecified atom stereocenters. The molecule has 8 nitrogen and oxygen atoms in total. The van der Waals surface area contributed by atoms with Crippen molar-refractivity contribution < 1.29 is 23.8 Å². The lowest BCUT2D eigenvalue weighted by molar-refractivity contribution is -0.118. The van der Waals surface area contributed by atoms with E-state index in [9.17, 15) is 9.59 Å². The summed E-state index contributed by atoms with van der Waals surface area (Å²) < 4.78 is 16.0. The van der Waals surface area contributed by atoms with Crippen LogP contribution in [0.3, 0.4) is 0 Å². The highest BCUT2D eigenvalue weighted by atomic mass is 16.5. The maximum atomic E-state index is 12.1. The lowest BCUT2D eigenvalue weighted by atomic mass is 10.2. The number of benzene rings is 1. The SMILES string of the molecule is CCOCCOCCNC(=O)NC1COc2ccccc2NC1=O. The van der Waals surface area contributed by atoms with E-state index >= 15 is 0 Å². The number of carbonyl (C=O) groups excluding carboxylic acids is 2. The van der Waals surface area contributed by atoms with E-state index in [0.29, 0.717) is 44.4 Å². The summed E-state index contributed by atoms with van der Waals surface area (Å²) in [5, 5.41) is 7.95. The monoisotopic (exact) mass is 337 g/mol. The second-order valence-corrected chi connectivity index (χ2v) is 5.06. The van der Waals surface area contributed by atoms with Crippen LogP contribution in [0.4, 0.5) is 10.5 Å². The molecule has 1 aromatic rings. The predicted molar refractivity (Wildman–Crippen MR) is 88.2 cm³/mol. The number of nitrogens with one attached hydrogen (secondary N) is 3. The zero-order chi connectivity index (χ0) is 17.2. The summed E-state index contributed by atoms with van der Waals surface area (Å²) in [7, 11) is 0. The number of hydrogen-bond donors (Lipinski definition) is 3. The van der Waals surface area contributed by atoms with Gasteiger partial charge in [-0.1, -0.05) is 12.1 Å². The number of ether oxygens (including phenoxy) is 3. The third-order valence-corrected chi connectivity index (χ3v) is 3.28. The van der Waals surface area contributed by atoms with Crippen LogP contribution in [0.15, 0.2) is 24.3 Å². The molecule has 1 aliphatic heterocycles. The molecule has 0 aromatic heterocycles. The Hall–Kier alpha value is -2.32. The van der Waals surface area contributed by atoms with Crippen molar-refractivity contribution >= 4 is 17.6 Å². The molecule has 0 aliphatic carbocycles. The predicted octanol–water partition coefficient (Wildman–Crippen LogP) is 0.738. The minimum absolute atomic E-state index is 0.0706. The Labute approximate surface area is 140 Å². The van der Waals surface area contributed by atoms with Gasteiger partial charge in [0.25, 0.3) is 5.91 Å². The lowest BCUT2D eigenvalue weighted by Gasteiger charge is -2.15. The van der Waals surface area contributed by atoms with Crippen LogP contribution in [0.2, 0.25) is 0 Å². The first-order valence-electron chi connectivity index (χ1n) is 7.93. The molecule has 0 bridgehead atoms. The fraction of sp³-hybridized carbons (Fsp3) is 0.500. The summed E-state index contributed by atoms with van der Waals surface area (Å²) in [6, 6.07) is 5.91. The summed E-state index contributed by atoms with van der Waals surface area (Å²) in [5.74, 6) is 0.265. The summed E-state index contributed by atoms with van der Waals surface area (Å²) in [6.45, 7) is 4.36. The number of para-hydroxylation sites is 2. The lowest BCUT2D eigenvalue weighted by Crippen LogP contribution is -2.50. The number of anilines is 1. The molecule has 0 spiro atoms. The van der Waals surface area contributed by atoms with Gasteiger partial charge in [-0.05, 0) is 19.1 Å². The average Bonchev–Trinajstić information content (AvgIpc) is 2.73. The number of carbonyl (C=O) groups is 2. The van der Waals surface area contributed by atoms with Crippen molar-refractivity contribution in [1.82, 2.24) is 10.6 Å². The zero-order valence-electron chi connectivity index (χ0n) is 13.7. The number of hydrogen-bond acceptors (Lipinski definition) is 5. The minimum Gasteiger partial charge on any atom is -0.489 e. The average molecular weight is 337 g/mol. The van der Waals surface area contributed by atoms with E-state index in [1.54, 1.807) is 18.2 Å². The van der Waals surface area contributed by atoms with Gasteiger partial charge in [-0.3, -0.25) is 4.79 Å². The van der Waals surface area contributed by atoms with Gasteiger partial charge in [-0.15, -0.1) is 0 Å². The molecule has 0 fully saturated rings. The Bertz CT molecular complexity index is 552. The molecule has 0 radical (unpaired) electrons. The van der Waals surface area contributed by atoms with Gasteiger partial charge in [0.05, 0.1) is 25.5 Å². The number of rotatable bonds is 8. The van der Waals surface area contributed by atoms with Gasteiger partial charge in [-0.25, -0.2) is 4.79 Å². The van der Waals surface area contributed by atoms with Crippen LogP contribution in [-0.2, 0) is 14.3 Å². The number of fused-ring (bicyclic) bond motifs is 1. The molecule has 3 amide bonds. The van der Waals surface area contributed by atoms with E-state index < -0.39 is 12.1 Å². The fourth-order valence-corrected chi connectivity index (χ4v) is 2.08. The van der Waals surface area contributed by atoms with Gasteiger partial charge in [-0.2, -0.15) is 0 Å². The highest BCUT2D eigenvalue weighted by molar-refractivity contribution is 5.98. The molecule has 0 saturated carbocycles. The van der Waals surface area contributed by atoms with Crippen molar-refractivity contribution in [1.29, 1.82) is 0 Å². The molecule has 1 aromatic carbocycles. The summed E-state index contributed by atoms with van der Waals surface area (Å²) >= 11 is 0. The molecule has 0 saturated heterocycles. The Morgan fingerprint density at radius 2 is 2.08 bits per heavy atom. The van der Waals surface area contributed by atoms with Crippen molar-refractivity contribution in [3.8, 4) is 5.75 Å². The smallest absolute Gasteiger partial charge is 0.315 e. The molecule has 2 rings (SSSR count). The van der Waals surface area contributed by atoms with Crippen LogP contribution < -0.4 is 20.7 Å². The van der Waals surface area contributed by atoms with Crippen LogP contribution >= 0.6 is 0 Å². The normalized spacial score (nSPS) is 16.4. The quantitative estimate of drug-likeness (QED) is 0.608. The van der Waals surface area contributed by atoms with E-state index in [1.165, 1.54) is 0 Å². The molecule has 1 atom stereocenters. The molecule has 1 heterocycles. The summed E-state index contributed by atoms with van der Waals surface area (Å²) in [5.41, 5.74) is 0.593. The largest absolute Gasteiger partial charge is 0.489 e. The first-order chi connectivity index (χ1) is 11.7. The third-order valence-electron chi connectivity index (χ3n) is 3.28. The van der Waals surface area contributed by atoms with E-state index in [1.807, 2.05) is 13.0 Å². The van der Waals surface area contributed by atoms with Gasteiger partial charge in [0, 0.05) is 13.2 Å². The highest BCUT2D eigenvalue weighted by Crippen LogP contribution is 2.25. The molecule has 132 valence electrons. The van der Waals surface area contributed by atoms with Crippen molar-refractivity contribution in [3.63, 3.8) is 0 Å². The molecule has 8 heteroatoms. The van der Waals surface area contributed by atoms with Gasteiger partial charge in [0.2, 0.25) is 0 Å². The molecular weight excluding hydrogens is 314 g/mol. The highest BCUT2D eigenvalue weighted by Gasteiger charge is 2.25. The maximum Gasteiger partial charge on any atom is 0.315 e. The van der Waals surface area contributed by atoms with Gasteiger partial charge < -0.3 is 30.2 Å². The van der Waals surface area contributed by atoms with E-state index in [0.717, 1.165) is 0 Å². The topological polar surface area (TPSA) is 97.9 Å². The second-order valence-electron chi connectivity index (χ2n) is 5.06. The molecular formula is C16H23N3O5. The van der Waals surface area contributed by atoms with Crippen LogP contribution in [0.25, 0.3) is 0 Å². The van der Waals surface area contributed by atoms with E-state index in [-0.39, 0.29) is 12.5 Å². The number of urea groups is 1. The Morgan fingerprint density at radius 1 is 1.29 bits per heavy atom. The third kappa shape index (κ3) is 5.71. The second kappa shape index (κ2) is 9.74. The molecule has 3 N–H and O–H groups in total. The van der Waals surface area contributed by atoms with E-state index in [4.69, 9.17) is 14.2 Å². The summed E-state index contributed by atoms with van der Waals surface area (Å²) in [6.07, 6.45) is 0. The first-order valence-corrected chi connectivity index (χ1v) is 7.93. The zero-order valence-corrected chi connectivity index (χ0v) is 13.7. The fourth-order valence-electron chi connectivity index (χ4n) is 2.08. The molecule has 24 heavy (non-hydrogen) atoms. The van der Waals surface area contributed by atoms with Crippen molar-refractivity contribution in [2.24, 2.45) is 0 Å². The van der Waals surface area contributed by atoms with Gasteiger partial charge in [0.1, 0.15) is 18.4 Å². The van der Waals surface area contributed by atoms with Crippen LogP contribution in [0.5, 0.6) is 5.75 Å². The van der Waals surface area contributed by atoms with Gasteiger partial charge >= 0.3 is 6.03 Å². The van der Waals surface area contributed by atoms with Crippen LogP contribution in [-0.4, -0.2) is 57.6 Å². The Balaban J connectivity index is 1.68. The summed E-state index contributed by atoms with van der Waals surface area (Å²) in [4.78, 5) is 24.0. The van der Waals surface area contributed by atoms with Crippen molar-refractivity contribution in [2.75, 3.05) is 44.9 Å². The Kier molecular flexibility index (Phi) is 7.31. The maximum absolute atomic E-state index is 12.1.